The molecule has 0 bridgehead atoms. The molecule has 0 spiro atoms. The summed E-state index contributed by atoms with van der Waals surface area (Å²) in [4.78, 5) is 16.2. The van der Waals surface area contributed by atoms with E-state index in [2.05, 4.69) is 15.3 Å². The summed E-state index contributed by atoms with van der Waals surface area (Å²) in [7, 11) is 0. The van der Waals surface area contributed by atoms with Crippen LogP contribution < -0.4 is 5.32 Å². The highest BCUT2D eigenvalue weighted by Gasteiger charge is 2.30. The standard InChI is InChI=1S/C17H15F3N2O2/c1-11-6-7-13(12(2)8-11)10-21-24-16(23)22-15-5-3-4-14(9-15)17(18,19)20/h3-10H,1-2H3,(H,22,23). The third-order valence-electron chi connectivity index (χ3n) is 3.19. The van der Waals surface area contributed by atoms with Gasteiger partial charge in [-0.15, -0.1) is 0 Å². The van der Waals surface area contributed by atoms with Crippen LogP contribution in [0.15, 0.2) is 47.6 Å². The number of carbonyl (C=O) groups excluding carboxylic acids is 1. The molecule has 0 aliphatic heterocycles. The van der Waals surface area contributed by atoms with Crippen molar-refractivity contribution in [1.29, 1.82) is 0 Å². The highest BCUT2D eigenvalue weighted by molar-refractivity contribution is 5.86. The van der Waals surface area contributed by atoms with Gasteiger partial charge in [-0.25, -0.2) is 4.79 Å². The molecule has 0 atom stereocenters. The quantitative estimate of drug-likeness (QED) is 0.492. The minimum Gasteiger partial charge on any atom is -0.298 e. The lowest BCUT2D eigenvalue weighted by Gasteiger charge is -2.08. The Labute approximate surface area is 136 Å². The van der Waals surface area contributed by atoms with Gasteiger partial charge in [0.2, 0.25) is 0 Å². The maximum absolute atomic E-state index is 12.6. The van der Waals surface area contributed by atoms with Gasteiger partial charge < -0.3 is 0 Å². The number of benzene rings is 2. The first kappa shape index (κ1) is 17.5. The molecule has 0 aromatic heterocycles. The fourth-order valence-corrected chi connectivity index (χ4v) is 2.02. The molecule has 0 aliphatic rings. The van der Waals surface area contributed by atoms with Crippen molar-refractivity contribution in [3.05, 3.63) is 64.7 Å². The summed E-state index contributed by atoms with van der Waals surface area (Å²) in [5.74, 6) is 0. The monoisotopic (exact) mass is 336 g/mol. The molecule has 0 radical (unpaired) electrons. The lowest BCUT2D eigenvalue weighted by Crippen LogP contribution is -2.12. The molecule has 2 aromatic rings. The van der Waals surface area contributed by atoms with E-state index in [1.807, 2.05) is 32.0 Å². The number of rotatable bonds is 3. The van der Waals surface area contributed by atoms with Crippen LogP contribution in [0.3, 0.4) is 0 Å². The van der Waals surface area contributed by atoms with Crippen LogP contribution in [0.1, 0.15) is 22.3 Å². The Kier molecular flexibility index (Phi) is 5.23. The molecule has 2 aromatic carbocycles. The SMILES string of the molecule is Cc1ccc(C=NOC(=O)Nc2cccc(C(F)(F)F)c2)c(C)c1. The number of hydrogen-bond donors (Lipinski definition) is 1. The van der Waals surface area contributed by atoms with E-state index in [4.69, 9.17) is 0 Å². The van der Waals surface area contributed by atoms with Gasteiger partial charge in [-0.2, -0.15) is 13.2 Å². The van der Waals surface area contributed by atoms with E-state index < -0.39 is 17.8 Å². The van der Waals surface area contributed by atoms with Gasteiger partial charge in [0, 0.05) is 5.69 Å². The average molecular weight is 336 g/mol. The number of anilines is 1. The van der Waals surface area contributed by atoms with Crippen LogP contribution in [0.4, 0.5) is 23.7 Å². The van der Waals surface area contributed by atoms with E-state index in [-0.39, 0.29) is 5.69 Å². The molecule has 7 heteroatoms. The van der Waals surface area contributed by atoms with E-state index in [9.17, 15) is 18.0 Å². The Bertz CT molecular complexity index is 771. The Morgan fingerprint density at radius 2 is 1.92 bits per heavy atom. The van der Waals surface area contributed by atoms with Crippen LogP contribution >= 0.6 is 0 Å². The Balaban J connectivity index is 1.97. The van der Waals surface area contributed by atoms with E-state index >= 15 is 0 Å². The fourth-order valence-electron chi connectivity index (χ4n) is 2.02. The van der Waals surface area contributed by atoms with Crippen molar-refractivity contribution in [3.63, 3.8) is 0 Å². The van der Waals surface area contributed by atoms with Crippen molar-refractivity contribution in [2.24, 2.45) is 5.16 Å². The fraction of sp³-hybridized carbons (Fsp3) is 0.176. The van der Waals surface area contributed by atoms with Gasteiger partial charge in [0.05, 0.1) is 11.8 Å². The lowest BCUT2D eigenvalue weighted by atomic mass is 10.1. The number of amides is 1. The molecular formula is C17H15F3N2O2. The maximum atomic E-state index is 12.6. The Morgan fingerprint density at radius 3 is 2.58 bits per heavy atom. The van der Waals surface area contributed by atoms with Gasteiger partial charge in [-0.3, -0.25) is 10.2 Å². The first-order chi connectivity index (χ1) is 11.3. The van der Waals surface area contributed by atoms with Gasteiger partial charge in [0.1, 0.15) is 0 Å². The first-order valence-corrected chi connectivity index (χ1v) is 7.01. The van der Waals surface area contributed by atoms with Crippen molar-refractivity contribution >= 4 is 18.0 Å². The van der Waals surface area contributed by atoms with Crippen LogP contribution in [-0.2, 0) is 11.0 Å². The number of carbonyl (C=O) groups is 1. The van der Waals surface area contributed by atoms with E-state index in [0.717, 1.165) is 28.8 Å². The second-order valence-electron chi connectivity index (χ2n) is 5.18. The summed E-state index contributed by atoms with van der Waals surface area (Å²) in [6.07, 6.45) is -4.10. The number of alkyl halides is 3. The molecule has 1 amide bonds. The lowest BCUT2D eigenvalue weighted by molar-refractivity contribution is -0.137. The number of aryl methyl sites for hydroxylation is 2. The maximum Gasteiger partial charge on any atom is 0.437 e. The number of oxime groups is 1. The molecule has 0 unspecified atom stereocenters. The molecule has 1 N–H and O–H groups in total. The van der Waals surface area contributed by atoms with Gasteiger partial charge in [-0.1, -0.05) is 35.0 Å². The summed E-state index contributed by atoms with van der Waals surface area (Å²) in [5, 5.41) is 5.73. The molecule has 0 saturated heterocycles. The summed E-state index contributed by atoms with van der Waals surface area (Å²) in [6.45, 7) is 3.84. The van der Waals surface area contributed by atoms with Crippen molar-refractivity contribution in [2.45, 2.75) is 20.0 Å². The number of hydrogen-bond acceptors (Lipinski definition) is 3. The molecule has 24 heavy (non-hydrogen) atoms. The smallest absolute Gasteiger partial charge is 0.298 e. The highest BCUT2D eigenvalue weighted by Crippen LogP contribution is 2.30. The zero-order chi connectivity index (χ0) is 17.7. The third-order valence-corrected chi connectivity index (χ3v) is 3.19. The molecular weight excluding hydrogens is 321 g/mol. The second-order valence-corrected chi connectivity index (χ2v) is 5.18. The van der Waals surface area contributed by atoms with Gasteiger partial charge in [-0.05, 0) is 43.2 Å². The van der Waals surface area contributed by atoms with Crippen LogP contribution in [0.2, 0.25) is 0 Å². The second kappa shape index (κ2) is 7.16. The minimum atomic E-state index is -4.48. The zero-order valence-electron chi connectivity index (χ0n) is 13.0. The average Bonchev–Trinajstić information content (AvgIpc) is 2.49. The molecule has 2 rings (SSSR count). The number of halogens is 3. The molecule has 0 heterocycles. The molecule has 4 nitrogen and oxygen atoms in total. The van der Waals surface area contributed by atoms with Crippen molar-refractivity contribution < 1.29 is 22.8 Å². The predicted octanol–water partition coefficient (Wildman–Crippen LogP) is 4.90. The van der Waals surface area contributed by atoms with Gasteiger partial charge in [0.15, 0.2) is 0 Å². The van der Waals surface area contributed by atoms with E-state index in [1.165, 1.54) is 18.3 Å². The van der Waals surface area contributed by atoms with Crippen LogP contribution in [0.25, 0.3) is 0 Å². The normalized spacial score (nSPS) is 11.5. The molecule has 0 fully saturated rings. The van der Waals surface area contributed by atoms with Crippen LogP contribution in [-0.4, -0.2) is 12.3 Å². The highest BCUT2D eigenvalue weighted by atomic mass is 19.4. The van der Waals surface area contributed by atoms with Gasteiger partial charge in [0.25, 0.3) is 0 Å². The van der Waals surface area contributed by atoms with E-state index in [0.29, 0.717) is 0 Å². The topological polar surface area (TPSA) is 50.7 Å². The van der Waals surface area contributed by atoms with Crippen LogP contribution in [0.5, 0.6) is 0 Å². The van der Waals surface area contributed by atoms with Crippen molar-refractivity contribution in [2.75, 3.05) is 5.32 Å². The van der Waals surface area contributed by atoms with E-state index in [1.54, 1.807) is 0 Å². The van der Waals surface area contributed by atoms with Crippen molar-refractivity contribution in [3.8, 4) is 0 Å². The zero-order valence-corrected chi connectivity index (χ0v) is 13.0. The molecule has 0 aliphatic carbocycles. The summed E-state index contributed by atoms with van der Waals surface area (Å²) in [5.41, 5.74) is 1.93. The van der Waals surface area contributed by atoms with Gasteiger partial charge >= 0.3 is 12.3 Å². The van der Waals surface area contributed by atoms with Crippen LogP contribution in [0, 0.1) is 13.8 Å². The number of nitrogens with one attached hydrogen (secondary N) is 1. The summed E-state index contributed by atoms with van der Waals surface area (Å²) >= 11 is 0. The largest absolute Gasteiger partial charge is 0.437 e. The Morgan fingerprint density at radius 1 is 1.17 bits per heavy atom. The predicted molar refractivity (Wildman–Crippen MR) is 85.1 cm³/mol. The number of nitrogens with zero attached hydrogens (tertiary/aromatic N) is 1. The Hall–Kier alpha value is -2.83. The molecule has 0 saturated carbocycles. The van der Waals surface area contributed by atoms with Crippen molar-refractivity contribution in [1.82, 2.24) is 0 Å². The third kappa shape index (κ3) is 4.84. The summed E-state index contributed by atoms with van der Waals surface area (Å²) < 4.78 is 37.8. The molecule has 126 valence electrons. The minimum absolute atomic E-state index is 0.0310. The summed E-state index contributed by atoms with van der Waals surface area (Å²) in [6, 6.07) is 9.90. The first-order valence-electron chi connectivity index (χ1n) is 7.01.